The SMILES string of the molecule is Cc1cc(C[C@@H]2CN(C(=O)COc3ccccc3C)C[C@@H]2O)on1. The minimum atomic E-state index is -0.558. The average Bonchev–Trinajstić information content (AvgIpc) is 3.13. The molecule has 1 N–H and O–H groups in total. The third-order valence-corrected chi connectivity index (χ3v) is 4.34. The Morgan fingerprint density at radius 3 is 2.88 bits per heavy atom. The lowest BCUT2D eigenvalue weighted by Crippen LogP contribution is -2.33. The van der Waals surface area contributed by atoms with E-state index in [2.05, 4.69) is 5.16 Å². The van der Waals surface area contributed by atoms with Gasteiger partial charge in [-0.3, -0.25) is 4.79 Å². The Balaban J connectivity index is 1.54. The molecule has 0 aliphatic carbocycles. The number of hydrogen-bond donors (Lipinski definition) is 1. The highest BCUT2D eigenvalue weighted by atomic mass is 16.5. The van der Waals surface area contributed by atoms with Crippen LogP contribution in [0.5, 0.6) is 5.75 Å². The summed E-state index contributed by atoms with van der Waals surface area (Å²) in [6.45, 7) is 4.60. The molecule has 128 valence electrons. The highest BCUT2D eigenvalue weighted by Gasteiger charge is 2.34. The maximum atomic E-state index is 12.3. The van der Waals surface area contributed by atoms with Crippen molar-refractivity contribution in [1.82, 2.24) is 10.1 Å². The van der Waals surface area contributed by atoms with Crippen molar-refractivity contribution in [3.63, 3.8) is 0 Å². The van der Waals surface area contributed by atoms with E-state index < -0.39 is 6.10 Å². The number of hydrogen-bond acceptors (Lipinski definition) is 5. The minimum absolute atomic E-state index is 0.0221. The summed E-state index contributed by atoms with van der Waals surface area (Å²) in [5, 5.41) is 14.1. The minimum Gasteiger partial charge on any atom is -0.484 e. The van der Waals surface area contributed by atoms with Crippen molar-refractivity contribution in [2.45, 2.75) is 26.4 Å². The third-order valence-electron chi connectivity index (χ3n) is 4.34. The molecule has 0 unspecified atom stereocenters. The lowest BCUT2D eigenvalue weighted by Gasteiger charge is -2.17. The maximum Gasteiger partial charge on any atom is 0.260 e. The molecule has 2 atom stereocenters. The van der Waals surface area contributed by atoms with Crippen LogP contribution in [0.3, 0.4) is 0 Å². The topological polar surface area (TPSA) is 75.8 Å². The van der Waals surface area contributed by atoms with Crippen molar-refractivity contribution in [2.24, 2.45) is 5.92 Å². The summed E-state index contributed by atoms with van der Waals surface area (Å²) in [4.78, 5) is 14.0. The van der Waals surface area contributed by atoms with E-state index in [1.165, 1.54) is 0 Å². The van der Waals surface area contributed by atoms with Gasteiger partial charge in [-0.25, -0.2) is 0 Å². The number of para-hydroxylation sites is 1. The predicted molar refractivity (Wildman–Crippen MR) is 87.7 cm³/mol. The maximum absolute atomic E-state index is 12.3. The molecule has 0 spiro atoms. The molecule has 0 bridgehead atoms. The molecule has 6 heteroatoms. The number of benzene rings is 1. The Morgan fingerprint density at radius 1 is 1.38 bits per heavy atom. The van der Waals surface area contributed by atoms with E-state index in [1.54, 1.807) is 4.90 Å². The number of aryl methyl sites for hydroxylation is 2. The Bertz CT molecular complexity index is 713. The summed E-state index contributed by atoms with van der Waals surface area (Å²) in [6.07, 6.45) is 0.0163. The fourth-order valence-corrected chi connectivity index (χ4v) is 2.98. The van der Waals surface area contributed by atoms with Gasteiger partial charge in [0.2, 0.25) is 0 Å². The largest absolute Gasteiger partial charge is 0.484 e. The normalized spacial score (nSPS) is 20.4. The van der Waals surface area contributed by atoms with E-state index in [-0.39, 0.29) is 18.4 Å². The fourth-order valence-electron chi connectivity index (χ4n) is 2.98. The molecule has 24 heavy (non-hydrogen) atoms. The molecule has 0 radical (unpaired) electrons. The van der Waals surface area contributed by atoms with Crippen LogP contribution >= 0.6 is 0 Å². The first kappa shape index (κ1) is 16.5. The highest BCUT2D eigenvalue weighted by Crippen LogP contribution is 2.22. The Morgan fingerprint density at radius 2 is 2.17 bits per heavy atom. The van der Waals surface area contributed by atoms with Crippen LogP contribution in [0.4, 0.5) is 0 Å². The Hall–Kier alpha value is -2.34. The molecular weight excluding hydrogens is 308 g/mol. The van der Waals surface area contributed by atoms with E-state index >= 15 is 0 Å². The predicted octanol–water partition coefficient (Wildman–Crippen LogP) is 1.73. The monoisotopic (exact) mass is 330 g/mol. The number of rotatable bonds is 5. The number of likely N-dealkylation sites (tertiary alicyclic amines) is 1. The molecule has 1 fully saturated rings. The molecule has 6 nitrogen and oxygen atoms in total. The number of carbonyl (C=O) groups is 1. The first-order valence-electron chi connectivity index (χ1n) is 8.09. The fraction of sp³-hybridized carbons (Fsp3) is 0.444. The highest BCUT2D eigenvalue weighted by molar-refractivity contribution is 5.78. The van der Waals surface area contributed by atoms with Crippen molar-refractivity contribution < 1.29 is 19.2 Å². The van der Waals surface area contributed by atoms with Gasteiger partial charge in [-0.2, -0.15) is 0 Å². The van der Waals surface area contributed by atoms with E-state index in [9.17, 15) is 9.90 Å². The summed E-state index contributed by atoms with van der Waals surface area (Å²) in [6, 6.07) is 9.45. The summed E-state index contributed by atoms with van der Waals surface area (Å²) in [5.41, 5.74) is 1.81. The lowest BCUT2D eigenvalue weighted by atomic mass is 10.0. The summed E-state index contributed by atoms with van der Waals surface area (Å²) >= 11 is 0. The molecule has 1 saturated heterocycles. The first-order valence-corrected chi connectivity index (χ1v) is 8.09. The van der Waals surface area contributed by atoms with Crippen LogP contribution in [-0.4, -0.2) is 46.9 Å². The molecule has 1 aromatic heterocycles. The van der Waals surface area contributed by atoms with Crippen LogP contribution in [0.15, 0.2) is 34.9 Å². The van der Waals surface area contributed by atoms with Crippen LogP contribution in [0.2, 0.25) is 0 Å². The molecule has 0 saturated carbocycles. The van der Waals surface area contributed by atoms with Gasteiger partial charge < -0.3 is 19.3 Å². The van der Waals surface area contributed by atoms with Gasteiger partial charge in [0.15, 0.2) is 6.61 Å². The molecule has 1 aromatic carbocycles. The van der Waals surface area contributed by atoms with Gasteiger partial charge in [0.25, 0.3) is 5.91 Å². The Labute approximate surface area is 141 Å². The Kier molecular flexibility index (Phi) is 4.85. The van der Waals surface area contributed by atoms with Gasteiger partial charge in [0.05, 0.1) is 11.8 Å². The molecule has 3 rings (SSSR count). The van der Waals surface area contributed by atoms with Gasteiger partial charge in [-0.05, 0) is 25.5 Å². The smallest absolute Gasteiger partial charge is 0.260 e. The first-order chi connectivity index (χ1) is 11.5. The molecule has 2 heterocycles. The van der Waals surface area contributed by atoms with E-state index in [0.717, 1.165) is 17.0 Å². The standard InChI is InChI=1S/C18H22N2O4/c1-12-5-3-4-6-17(12)23-11-18(22)20-9-14(16(21)10-20)8-15-7-13(2)19-24-15/h3-7,14,16,21H,8-11H2,1-2H3/t14-,16+/m1/s1. The second-order valence-electron chi connectivity index (χ2n) is 6.32. The van der Waals surface area contributed by atoms with E-state index in [0.29, 0.717) is 25.3 Å². The van der Waals surface area contributed by atoms with Gasteiger partial charge in [0, 0.05) is 31.5 Å². The van der Waals surface area contributed by atoms with Crippen molar-refractivity contribution in [3.05, 3.63) is 47.3 Å². The van der Waals surface area contributed by atoms with Gasteiger partial charge in [-0.1, -0.05) is 23.4 Å². The second kappa shape index (κ2) is 7.05. The van der Waals surface area contributed by atoms with Crippen molar-refractivity contribution in [3.8, 4) is 5.75 Å². The van der Waals surface area contributed by atoms with Gasteiger partial charge in [-0.15, -0.1) is 0 Å². The van der Waals surface area contributed by atoms with Crippen molar-refractivity contribution >= 4 is 5.91 Å². The average molecular weight is 330 g/mol. The van der Waals surface area contributed by atoms with E-state index in [1.807, 2.05) is 44.2 Å². The number of β-amino-alcohol motifs (C(OH)–C–C–N with tert-alkyl or cyclic N) is 1. The zero-order chi connectivity index (χ0) is 17.1. The van der Waals surface area contributed by atoms with Crippen LogP contribution in [0, 0.1) is 19.8 Å². The molecule has 2 aromatic rings. The van der Waals surface area contributed by atoms with E-state index in [4.69, 9.17) is 9.26 Å². The number of nitrogens with zero attached hydrogens (tertiary/aromatic N) is 2. The van der Waals surface area contributed by atoms with Crippen LogP contribution in [-0.2, 0) is 11.2 Å². The van der Waals surface area contributed by atoms with Crippen LogP contribution < -0.4 is 4.74 Å². The molecule has 1 aliphatic rings. The number of ether oxygens (including phenoxy) is 1. The molecule has 1 amide bonds. The zero-order valence-electron chi connectivity index (χ0n) is 13.9. The quantitative estimate of drug-likeness (QED) is 0.903. The van der Waals surface area contributed by atoms with Gasteiger partial charge >= 0.3 is 0 Å². The summed E-state index contributed by atoms with van der Waals surface area (Å²) in [5.74, 6) is 1.29. The zero-order valence-corrected chi connectivity index (χ0v) is 13.9. The number of aliphatic hydroxyl groups is 1. The van der Waals surface area contributed by atoms with Crippen LogP contribution in [0.25, 0.3) is 0 Å². The van der Waals surface area contributed by atoms with Crippen molar-refractivity contribution in [1.29, 1.82) is 0 Å². The van der Waals surface area contributed by atoms with Crippen molar-refractivity contribution in [2.75, 3.05) is 19.7 Å². The summed E-state index contributed by atoms with van der Waals surface area (Å²) in [7, 11) is 0. The number of aliphatic hydroxyl groups excluding tert-OH is 1. The third kappa shape index (κ3) is 3.76. The lowest BCUT2D eigenvalue weighted by molar-refractivity contribution is -0.132. The molecular formula is C18H22N2O4. The number of amides is 1. The number of carbonyl (C=O) groups excluding carboxylic acids is 1. The summed E-state index contributed by atoms with van der Waals surface area (Å²) < 4.78 is 10.8. The molecule has 1 aliphatic heterocycles. The second-order valence-corrected chi connectivity index (χ2v) is 6.32. The number of aromatic nitrogens is 1. The van der Waals surface area contributed by atoms with Gasteiger partial charge in [0.1, 0.15) is 11.5 Å². The van der Waals surface area contributed by atoms with Crippen LogP contribution in [0.1, 0.15) is 17.0 Å².